The lowest BCUT2D eigenvalue weighted by molar-refractivity contribution is 0.219. The number of likely N-dealkylation sites (tertiary alicyclic amines) is 1. The van der Waals surface area contributed by atoms with Crippen molar-refractivity contribution in [1.82, 2.24) is 14.9 Å². The van der Waals surface area contributed by atoms with Gasteiger partial charge in [-0.1, -0.05) is 11.6 Å². The SMILES string of the molecule is O=c1[nH]c(CN2CCC(CO)C2)nc2ccc(Cl)cc12. The molecule has 2 N–H and O–H groups in total. The van der Waals surface area contributed by atoms with E-state index in [2.05, 4.69) is 14.9 Å². The number of aliphatic hydroxyl groups is 1. The molecule has 0 saturated carbocycles. The standard InChI is InChI=1S/C14H16ClN3O2/c15-10-1-2-12-11(5-10)14(20)17-13(16-12)7-18-4-3-9(6-18)8-19/h1-2,5,9,19H,3-4,6-8H2,(H,16,17,20). The molecule has 0 bridgehead atoms. The number of fused-ring (bicyclic) bond motifs is 1. The van der Waals surface area contributed by atoms with E-state index < -0.39 is 0 Å². The van der Waals surface area contributed by atoms with Gasteiger partial charge in [-0.05, 0) is 37.1 Å². The van der Waals surface area contributed by atoms with Crippen molar-refractivity contribution >= 4 is 22.5 Å². The Morgan fingerprint density at radius 3 is 3.10 bits per heavy atom. The number of aliphatic hydroxyl groups excluding tert-OH is 1. The van der Waals surface area contributed by atoms with Crippen LogP contribution in [-0.2, 0) is 6.54 Å². The van der Waals surface area contributed by atoms with Gasteiger partial charge in [-0.3, -0.25) is 9.69 Å². The van der Waals surface area contributed by atoms with Gasteiger partial charge >= 0.3 is 0 Å². The zero-order chi connectivity index (χ0) is 14.1. The molecule has 1 unspecified atom stereocenters. The zero-order valence-electron chi connectivity index (χ0n) is 11.0. The van der Waals surface area contributed by atoms with Gasteiger partial charge in [0.15, 0.2) is 0 Å². The Labute approximate surface area is 121 Å². The third-order valence-corrected chi connectivity index (χ3v) is 3.95. The van der Waals surface area contributed by atoms with Gasteiger partial charge in [-0.25, -0.2) is 4.98 Å². The Morgan fingerprint density at radius 1 is 1.50 bits per heavy atom. The van der Waals surface area contributed by atoms with Crippen LogP contribution in [0.1, 0.15) is 12.2 Å². The van der Waals surface area contributed by atoms with Crippen LogP contribution in [-0.4, -0.2) is 39.7 Å². The van der Waals surface area contributed by atoms with E-state index in [1.165, 1.54) is 0 Å². The first-order valence-electron chi connectivity index (χ1n) is 6.67. The Balaban J connectivity index is 1.86. The first kappa shape index (κ1) is 13.5. The molecule has 0 amide bonds. The molecule has 1 aliphatic rings. The van der Waals surface area contributed by atoms with Gasteiger partial charge in [-0.2, -0.15) is 0 Å². The molecule has 1 saturated heterocycles. The number of hydrogen-bond acceptors (Lipinski definition) is 4. The Morgan fingerprint density at radius 2 is 2.35 bits per heavy atom. The van der Waals surface area contributed by atoms with Gasteiger partial charge in [0.2, 0.25) is 0 Å². The fraction of sp³-hybridized carbons (Fsp3) is 0.429. The molecule has 5 nitrogen and oxygen atoms in total. The minimum absolute atomic E-state index is 0.162. The highest BCUT2D eigenvalue weighted by molar-refractivity contribution is 6.31. The van der Waals surface area contributed by atoms with E-state index in [0.29, 0.717) is 34.2 Å². The fourth-order valence-electron chi connectivity index (χ4n) is 2.65. The van der Waals surface area contributed by atoms with Gasteiger partial charge in [0, 0.05) is 18.2 Å². The molecule has 0 aliphatic carbocycles. The Hall–Kier alpha value is -1.43. The van der Waals surface area contributed by atoms with E-state index in [-0.39, 0.29) is 12.2 Å². The molecule has 1 fully saturated rings. The molecule has 3 rings (SSSR count). The average molecular weight is 294 g/mol. The summed E-state index contributed by atoms with van der Waals surface area (Å²) >= 11 is 5.89. The highest BCUT2D eigenvalue weighted by Gasteiger charge is 2.22. The summed E-state index contributed by atoms with van der Waals surface area (Å²) in [7, 11) is 0. The highest BCUT2D eigenvalue weighted by atomic mass is 35.5. The predicted molar refractivity (Wildman–Crippen MR) is 77.8 cm³/mol. The van der Waals surface area contributed by atoms with E-state index in [1.807, 2.05) is 0 Å². The van der Waals surface area contributed by atoms with Gasteiger partial charge in [0.05, 0.1) is 17.4 Å². The normalized spacial score (nSPS) is 19.8. The third kappa shape index (κ3) is 2.70. The molecule has 20 heavy (non-hydrogen) atoms. The van der Waals surface area contributed by atoms with Gasteiger partial charge < -0.3 is 10.1 Å². The minimum Gasteiger partial charge on any atom is -0.396 e. The molecule has 1 atom stereocenters. The maximum Gasteiger partial charge on any atom is 0.258 e. The van der Waals surface area contributed by atoms with Crippen LogP contribution in [0.15, 0.2) is 23.0 Å². The molecule has 2 heterocycles. The van der Waals surface area contributed by atoms with Crippen molar-refractivity contribution in [3.05, 3.63) is 39.4 Å². The first-order chi connectivity index (χ1) is 9.65. The summed E-state index contributed by atoms with van der Waals surface area (Å²) in [5, 5.41) is 10.2. The van der Waals surface area contributed by atoms with Gasteiger partial charge in [-0.15, -0.1) is 0 Å². The van der Waals surface area contributed by atoms with Crippen molar-refractivity contribution < 1.29 is 5.11 Å². The second-order valence-corrected chi connectivity index (χ2v) is 5.68. The minimum atomic E-state index is -0.162. The second kappa shape index (κ2) is 5.52. The van der Waals surface area contributed by atoms with Crippen molar-refractivity contribution in [1.29, 1.82) is 0 Å². The number of halogens is 1. The van der Waals surface area contributed by atoms with Crippen LogP contribution in [0.3, 0.4) is 0 Å². The average Bonchev–Trinajstić information content (AvgIpc) is 2.87. The lowest BCUT2D eigenvalue weighted by Crippen LogP contribution is -2.24. The summed E-state index contributed by atoms with van der Waals surface area (Å²) in [4.78, 5) is 21.5. The van der Waals surface area contributed by atoms with Crippen LogP contribution >= 0.6 is 11.6 Å². The van der Waals surface area contributed by atoms with Crippen LogP contribution in [0.5, 0.6) is 0 Å². The molecular formula is C14H16ClN3O2. The summed E-state index contributed by atoms with van der Waals surface area (Å²) in [6.45, 7) is 2.59. The molecule has 1 aromatic heterocycles. The van der Waals surface area contributed by atoms with Crippen molar-refractivity contribution in [3.63, 3.8) is 0 Å². The number of nitrogens with one attached hydrogen (secondary N) is 1. The molecular weight excluding hydrogens is 278 g/mol. The van der Waals surface area contributed by atoms with Crippen LogP contribution in [0.4, 0.5) is 0 Å². The van der Waals surface area contributed by atoms with Crippen molar-refractivity contribution in [2.75, 3.05) is 19.7 Å². The Bertz CT molecular complexity index is 686. The van der Waals surface area contributed by atoms with Crippen molar-refractivity contribution in [3.8, 4) is 0 Å². The number of H-pyrrole nitrogens is 1. The number of benzene rings is 1. The molecule has 6 heteroatoms. The number of nitrogens with zero attached hydrogens (tertiary/aromatic N) is 2. The maximum absolute atomic E-state index is 12.0. The first-order valence-corrected chi connectivity index (χ1v) is 7.05. The van der Waals surface area contributed by atoms with Gasteiger partial charge in [0.25, 0.3) is 5.56 Å². The molecule has 0 radical (unpaired) electrons. The second-order valence-electron chi connectivity index (χ2n) is 5.25. The van der Waals surface area contributed by atoms with E-state index in [4.69, 9.17) is 16.7 Å². The summed E-state index contributed by atoms with van der Waals surface area (Å²) in [5.41, 5.74) is 0.497. The largest absolute Gasteiger partial charge is 0.396 e. The fourth-order valence-corrected chi connectivity index (χ4v) is 2.82. The lowest BCUT2D eigenvalue weighted by atomic mass is 10.1. The zero-order valence-corrected chi connectivity index (χ0v) is 11.7. The maximum atomic E-state index is 12.0. The Kier molecular flexibility index (Phi) is 3.74. The topological polar surface area (TPSA) is 69.2 Å². The number of rotatable bonds is 3. The lowest BCUT2D eigenvalue weighted by Gasteiger charge is -2.14. The molecule has 2 aromatic rings. The van der Waals surface area contributed by atoms with E-state index in [9.17, 15) is 4.79 Å². The summed E-state index contributed by atoms with van der Waals surface area (Å²) in [6.07, 6.45) is 0.990. The van der Waals surface area contributed by atoms with Crippen LogP contribution in [0.2, 0.25) is 5.02 Å². The van der Waals surface area contributed by atoms with Crippen LogP contribution in [0, 0.1) is 5.92 Å². The van der Waals surface area contributed by atoms with Gasteiger partial charge in [0.1, 0.15) is 5.82 Å². The number of hydrogen-bond donors (Lipinski definition) is 2. The van der Waals surface area contributed by atoms with E-state index in [1.54, 1.807) is 18.2 Å². The molecule has 0 spiro atoms. The molecule has 1 aromatic carbocycles. The van der Waals surface area contributed by atoms with E-state index in [0.717, 1.165) is 19.5 Å². The molecule has 106 valence electrons. The van der Waals surface area contributed by atoms with Crippen LogP contribution < -0.4 is 5.56 Å². The number of aromatic amines is 1. The van der Waals surface area contributed by atoms with Crippen LogP contribution in [0.25, 0.3) is 10.9 Å². The predicted octanol–water partition coefficient (Wildman–Crippen LogP) is 1.39. The van der Waals surface area contributed by atoms with E-state index >= 15 is 0 Å². The smallest absolute Gasteiger partial charge is 0.258 e. The number of aromatic nitrogens is 2. The summed E-state index contributed by atoms with van der Waals surface area (Å²) in [6, 6.07) is 5.12. The van der Waals surface area contributed by atoms with Crippen molar-refractivity contribution in [2.45, 2.75) is 13.0 Å². The highest BCUT2D eigenvalue weighted by Crippen LogP contribution is 2.18. The van der Waals surface area contributed by atoms with Crippen molar-refractivity contribution in [2.24, 2.45) is 5.92 Å². The molecule has 1 aliphatic heterocycles. The summed E-state index contributed by atoms with van der Waals surface area (Å²) in [5.74, 6) is 0.990. The quantitative estimate of drug-likeness (QED) is 0.897. The monoisotopic (exact) mass is 293 g/mol. The third-order valence-electron chi connectivity index (χ3n) is 3.72. The summed E-state index contributed by atoms with van der Waals surface area (Å²) < 4.78 is 0.